The molecule has 0 unspecified atom stereocenters. The molecule has 2 rings (SSSR count). The highest BCUT2D eigenvalue weighted by Gasteiger charge is 1.99. The summed E-state index contributed by atoms with van der Waals surface area (Å²) in [4.78, 5) is 5.45. The van der Waals surface area contributed by atoms with Crippen LogP contribution in [0.2, 0.25) is 0 Å². The Morgan fingerprint density at radius 1 is 1.12 bits per heavy atom. The van der Waals surface area contributed by atoms with Crippen molar-refractivity contribution >= 4 is 27.7 Å². The fourth-order valence-electron chi connectivity index (χ4n) is 1.19. The molecule has 0 aliphatic carbocycles. The van der Waals surface area contributed by atoms with E-state index in [1.165, 1.54) is 0 Å². The minimum atomic E-state index is 0.869. The average molecular weight is 296 g/mol. The lowest BCUT2D eigenvalue weighted by atomic mass is 10.3. The zero-order chi connectivity index (χ0) is 11.4. The van der Waals surface area contributed by atoms with Crippen molar-refractivity contribution in [3.63, 3.8) is 0 Å². The first-order chi connectivity index (χ1) is 7.78. The maximum Gasteiger partial charge on any atom is 0.118 e. The molecule has 0 fully saturated rings. The van der Waals surface area contributed by atoms with Gasteiger partial charge in [-0.1, -0.05) is 11.8 Å². The number of hydrogen-bond donors (Lipinski definition) is 0. The van der Waals surface area contributed by atoms with Gasteiger partial charge in [-0.15, -0.1) is 0 Å². The van der Waals surface area contributed by atoms with E-state index in [4.69, 9.17) is 4.74 Å². The quantitative estimate of drug-likeness (QED) is 0.854. The van der Waals surface area contributed by atoms with Gasteiger partial charge >= 0.3 is 0 Å². The molecule has 0 saturated heterocycles. The van der Waals surface area contributed by atoms with Crippen LogP contribution in [0.4, 0.5) is 0 Å². The molecule has 0 amide bonds. The van der Waals surface area contributed by atoms with E-state index in [0.717, 1.165) is 20.1 Å². The SMILES string of the molecule is COc1ccc(Sc2ccc(Br)cn2)cc1. The van der Waals surface area contributed by atoms with Crippen molar-refractivity contribution in [2.75, 3.05) is 7.11 Å². The predicted molar refractivity (Wildman–Crippen MR) is 69.1 cm³/mol. The molecular formula is C12H10BrNOS. The number of pyridine rings is 1. The molecular weight excluding hydrogens is 286 g/mol. The van der Waals surface area contributed by atoms with Crippen molar-refractivity contribution in [3.05, 3.63) is 47.1 Å². The summed E-state index contributed by atoms with van der Waals surface area (Å²) >= 11 is 4.99. The van der Waals surface area contributed by atoms with E-state index in [-0.39, 0.29) is 0 Å². The predicted octanol–water partition coefficient (Wildman–Crippen LogP) is 4.00. The standard InChI is InChI=1S/C12H10BrNOS/c1-15-10-3-5-11(6-4-10)16-12-7-2-9(13)8-14-12/h2-8H,1H3. The Kier molecular flexibility index (Phi) is 3.85. The van der Waals surface area contributed by atoms with Crippen LogP contribution in [0, 0.1) is 0 Å². The molecule has 0 spiro atoms. The van der Waals surface area contributed by atoms with Crippen molar-refractivity contribution < 1.29 is 4.74 Å². The van der Waals surface area contributed by atoms with Gasteiger partial charge in [0.15, 0.2) is 0 Å². The molecule has 0 N–H and O–H groups in total. The number of halogens is 1. The lowest BCUT2D eigenvalue weighted by molar-refractivity contribution is 0.414. The van der Waals surface area contributed by atoms with E-state index < -0.39 is 0 Å². The number of rotatable bonds is 3. The lowest BCUT2D eigenvalue weighted by Gasteiger charge is -2.02. The second kappa shape index (κ2) is 5.37. The third kappa shape index (κ3) is 3.00. The topological polar surface area (TPSA) is 22.1 Å². The van der Waals surface area contributed by atoms with Gasteiger partial charge in [-0.05, 0) is 52.3 Å². The van der Waals surface area contributed by atoms with Crippen LogP contribution in [0.3, 0.4) is 0 Å². The summed E-state index contributed by atoms with van der Waals surface area (Å²) in [5.41, 5.74) is 0. The van der Waals surface area contributed by atoms with Gasteiger partial charge in [-0.25, -0.2) is 4.98 Å². The van der Waals surface area contributed by atoms with Gasteiger partial charge in [-0.3, -0.25) is 0 Å². The molecule has 0 aliphatic heterocycles. The Labute approximate surface area is 107 Å². The summed E-state index contributed by atoms with van der Waals surface area (Å²) in [6.07, 6.45) is 1.80. The Hall–Kier alpha value is -1.00. The molecule has 2 nitrogen and oxygen atoms in total. The van der Waals surface area contributed by atoms with E-state index in [0.29, 0.717) is 0 Å². The molecule has 16 heavy (non-hydrogen) atoms. The van der Waals surface area contributed by atoms with Crippen molar-refractivity contribution in [3.8, 4) is 5.75 Å². The Morgan fingerprint density at radius 2 is 1.88 bits per heavy atom. The van der Waals surface area contributed by atoms with Crippen LogP contribution in [0.1, 0.15) is 0 Å². The van der Waals surface area contributed by atoms with Crippen LogP contribution in [0.5, 0.6) is 5.75 Å². The summed E-state index contributed by atoms with van der Waals surface area (Å²) in [5, 5.41) is 0.980. The molecule has 82 valence electrons. The van der Waals surface area contributed by atoms with E-state index in [1.807, 2.05) is 36.4 Å². The number of aromatic nitrogens is 1. The number of nitrogens with zero attached hydrogens (tertiary/aromatic N) is 1. The van der Waals surface area contributed by atoms with Gasteiger partial charge in [0.05, 0.1) is 7.11 Å². The van der Waals surface area contributed by atoms with E-state index >= 15 is 0 Å². The number of benzene rings is 1. The van der Waals surface area contributed by atoms with Crippen LogP contribution in [0.15, 0.2) is 57.0 Å². The molecule has 4 heteroatoms. The summed E-state index contributed by atoms with van der Waals surface area (Å²) in [7, 11) is 1.67. The molecule has 1 aromatic carbocycles. The van der Waals surface area contributed by atoms with E-state index in [2.05, 4.69) is 20.9 Å². The number of methoxy groups -OCH3 is 1. The zero-order valence-corrected chi connectivity index (χ0v) is 11.1. The van der Waals surface area contributed by atoms with Crippen LogP contribution < -0.4 is 4.74 Å². The maximum absolute atomic E-state index is 5.10. The van der Waals surface area contributed by atoms with Crippen LogP contribution in [-0.2, 0) is 0 Å². The molecule has 0 saturated carbocycles. The van der Waals surface area contributed by atoms with Crippen LogP contribution >= 0.6 is 27.7 Å². The Morgan fingerprint density at radius 3 is 2.44 bits per heavy atom. The van der Waals surface area contributed by atoms with Crippen LogP contribution in [-0.4, -0.2) is 12.1 Å². The fraction of sp³-hybridized carbons (Fsp3) is 0.0833. The van der Waals surface area contributed by atoms with Crippen molar-refractivity contribution in [2.24, 2.45) is 0 Å². The summed E-state index contributed by atoms with van der Waals surface area (Å²) < 4.78 is 6.10. The number of hydrogen-bond acceptors (Lipinski definition) is 3. The highest BCUT2D eigenvalue weighted by Crippen LogP contribution is 2.27. The van der Waals surface area contributed by atoms with Gasteiger partial charge in [0.1, 0.15) is 10.8 Å². The zero-order valence-electron chi connectivity index (χ0n) is 8.68. The first kappa shape index (κ1) is 11.5. The first-order valence-corrected chi connectivity index (χ1v) is 6.32. The smallest absolute Gasteiger partial charge is 0.118 e. The van der Waals surface area contributed by atoms with Gasteiger partial charge in [-0.2, -0.15) is 0 Å². The van der Waals surface area contributed by atoms with E-state index in [1.54, 1.807) is 25.1 Å². The van der Waals surface area contributed by atoms with Crippen molar-refractivity contribution in [2.45, 2.75) is 9.92 Å². The molecule has 1 heterocycles. The minimum Gasteiger partial charge on any atom is -0.497 e. The summed E-state index contributed by atoms with van der Waals surface area (Å²) in [6.45, 7) is 0. The highest BCUT2D eigenvalue weighted by atomic mass is 79.9. The van der Waals surface area contributed by atoms with Gasteiger partial charge in [0.2, 0.25) is 0 Å². The third-order valence-electron chi connectivity index (χ3n) is 1.98. The lowest BCUT2D eigenvalue weighted by Crippen LogP contribution is -1.82. The normalized spacial score (nSPS) is 10.1. The van der Waals surface area contributed by atoms with Gasteiger partial charge in [0.25, 0.3) is 0 Å². The Bertz CT molecular complexity index is 455. The van der Waals surface area contributed by atoms with Crippen LogP contribution in [0.25, 0.3) is 0 Å². The Balaban J connectivity index is 2.11. The average Bonchev–Trinajstić information content (AvgIpc) is 2.33. The third-order valence-corrected chi connectivity index (χ3v) is 3.41. The molecule has 0 aliphatic rings. The molecule has 0 bridgehead atoms. The van der Waals surface area contributed by atoms with E-state index in [9.17, 15) is 0 Å². The molecule has 0 atom stereocenters. The van der Waals surface area contributed by atoms with Gasteiger partial charge < -0.3 is 4.74 Å². The highest BCUT2D eigenvalue weighted by molar-refractivity contribution is 9.10. The second-order valence-electron chi connectivity index (χ2n) is 3.09. The van der Waals surface area contributed by atoms with Crippen molar-refractivity contribution in [1.82, 2.24) is 4.98 Å². The van der Waals surface area contributed by atoms with Gasteiger partial charge in [0, 0.05) is 15.6 Å². The first-order valence-electron chi connectivity index (χ1n) is 4.71. The number of ether oxygens (including phenoxy) is 1. The van der Waals surface area contributed by atoms with Crippen molar-refractivity contribution in [1.29, 1.82) is 0 Å². The monoisotopic (exact) mass is 295 g/mol. The molecule has 2 aromatic rings. The minimum absolute atomic E-state index is 0.869. The fourth-order valence-corrected chi connectivity index (χ4v) is 2.18. The largest absolute Gasteiger partial charge is 0.497 e. The molecule has 0 radical (unpaired) electrons. The second-order valence-corrected chi connectivity index (χ2v) is 5.10. The summed E-state index contributed by atoms with van der Waals surface area (Å²) in [6, 6.07) is 11.9. The summed E-state index contributed by atoms with van der Waals surface area (Å²) in [5.74, 6) is 0.869. The maximum atomic E-state index is 5.10. The molecule has 1 aromatic heterocycles.